The Balaban J connectivity index is 1.46. The van der Waals surface area contributed by atoms with Gasteiger partial charge >= 0.3 is 0 Å². The first-order valence-electron chi connectivity index (χ1n) is 9.98. The van der Waals surface area contributed by atoms with Gasteiger partial charge in [-0.15, -0.1) is 5.10 Å². The summed E-state index contributed by atoms with van der Waals surface area (Å²) in [6, 6.07) is 13.7. The van der Waals surface area contributed by atoms with Gasteiger partial charge in [0.2, 0.25) is 5.16 Å². The molecule has 0 aliphatic rings. The van der Waals surface area contributed by atoms with Gasteiger partial charge in [0.15, 0.2) is 11.5 Å². The van der Waals surface area contributed by atoms with Gasteiger partial charge in [-0.25, -0.2) is 0 Å². The minimum Gasteiger partial charge on any atom is -0.490 e. The number of para-hydroxylation sites is 1. The molecule has 9 heteroatoms. The summed E-state index contributed by atoms with van der Waals surface area (Å²) in [5, 5.41) is 16.9. The Hall–Kier alpha value is -2.29. The minimum absolute atomic E-state index is 0.569. The zero-order valence-corrected chi connectivity index (χ0v) is 18.7. The van der Waals surface area contributed by atoms with Gasteiger partial charge in [-0.05, 0) is 61.0 Å². The van der Waals surface area contributed by atoms with Crippen molar-refractivity contribution < 1.29 is 9.47 Å². The molecule has 0 radical (unpaired) electrons. The van der Waals surface area contributed by atoms with E-state index in [1.165, 1.54) is 0 Å². The zero-order valence-electron chi connectivity index (χ0n) is 17.2. The number of tetrazole rings is 1. The van der Waals surface area contributed by atoms with E-state index in [-0.39, 0.29) is 0 Å². The molecule has 0 unspecified atom stereocenters. The maximum absolute atomic E-state index is 6.42. The van der Waals surface area contributed by atoms with Crippen molar-refractivity contribution in [3.05, 3.63) is 53.1 Å². The van der Waals surface area contributed by atoms with E-state index >= 15 is 0 Å². The quantitative estimate of drug-likeness (QED) is 0.326. The normalized spacial score (nSPS) is 10.9. The van der Waals surface area contributed by atoms with Crippen molar-refractivity contribution in [3.63, 3.8) is 0 Å². The number of hydrogen-bond acceptors (Lipinski definition) is 7. The molecular formula is C21H26ClN5O2S. The summed E-state index contributed by atoms with van der Waals surface area (Å²) >= 11 is 8.05. The van der Waals surface area contributed by atoms with E-state index in [0.717, 1.165) is 40.9 Å². The van der Waals surface area contributed by atoms with Crippen LogP contribution in [0.2, 0.25) is 5.02 Å². The largest absolute Gasteiger partial charge is 0.490 e. The molecule has 0 spiro atoms. The molecule has 3 rings (SSSR count). The van der Waals surface area contributed by atoms with Gasteiger partial charge in [-0.3, -0.25) is 0 Å². The lowest BCUT2D eigenvalue weighted by Gasteiger charge is -2.14. The third-order valence-electron chi connectivity index (χ3n) is 4.20. The first-order valence-corrected chi connectivity index (χ1v) is 11.3. The Morgan fingerprint density at radius 2 is 1.80 bits per heavy atom. The number of nitrogens with one attached hydrogen (secondary N) is 1. The van der Waals surface area contributed by atoms with Crippen LogP contribution in [0.3, 0.4) is 0 Å². The van der Waals surface area contributed by atoms with E-state index < -0.39 is 0 Å². The van der Waals surface area contributed by atoms with Gasteiger partial charge in [-0.1, -0.05) is 41.6 Å². The first-order chi connectivity index (χ1) is 14.7. The third kappa shape index (κ3) is 6.10. The van der Waals surface area contributed by atoms with Crippen LogP contribution in [0, 0.1) is 0 Å². The van der Waals surface area contributed by atoms with Gasteiger partial charge in [0.1, 0.15) is 0 Å². The van der Waals surface area contributed by atoms with Crippen molar-refractivity contribution in [3.8, 4) is 17.2 Å². The second kappa shape index (κ2) is 11.8. The smallest absolute Gasteiger partial charge is 0.214 e. The highest BCUT2D eigenvalue weighted by Gasteiger charge is 2.11. The summed E-state index contributed by atoms with van der Waals surface area (Å²) in [7, 11) is 0. The number of aromatic nitrogens is 4. The fraction of sp³-hybridized carbons (Fsp3) is 0.381. The summed E-state index contributed by atoms with van der Waals surface area (Å²) < 4.78 is 13.0. The molecule has 3 aromatic rings. The highest BCUT2D eigenvalue weighted by atomic mass is 35.5. The van der Waals surface area contributed by atoms with Gasteiger partial charge in [-0.2, -0.15) is 4.68 Å². The van der Waals surface area contributed by atoms with E-state index in [0.29, 0.717) is 30.5 Å². The average molecular weight is 448 g/mol. The van der Waals surface area contributed by atoms with Crippen LogP contribution in [0.1, 0.15) is 25.8 Å². The van der Waals surface area contributed by atoms with Crippen molar-refractivity contribution in [2.45, 2.75) is 32.0 Å². The van der Waals surface area contributed by atoms with Crippen molar-refractivity contribution in [2.24, 2.45) is 0 Å². The lowest BCUT2D eigenvalue weighted by atomic mass is 10.2. The van der Waals surface area contributed by atoms with Gasteiger partial charge in [0, 0.05) is 23.4 Å². The van der Waals surface area contributed by atoms with Crippen LogP contribution in [0.15, 0.2) is 47.6 Å². The number of nitrogens with zero attached hydrogens (tertiary/aromatic N) is 4. The number of benzene rings is 2. The summed E-state index contributed by atoms with van der Waals surface area (Å²) in [6.07, 6.45) is 0.972. The van der Waals surface area contributed by atoms with Crippen molar-refractivity contribution in [1.29, 1.82) is 0 Å². The van der Waals surface area contributed by atoms with Crippen molar-refractivity contribution >= 4 is 23.4 Å². The number of rotatable bonds is 12. The van der Waals surface area contributed by atoms with E-state index in [1.54, 1.807) is 16.4 Å². The molecule has 0 saturated heterocycles. The van der Waals surface area contributed by atoms with E-state index in [9.17, 15) is 0 Å². The minimum atomic E-state index is 0.569. The molecule has 0 atom stereocenters. The van der Waals surface area contributed by atoms with Crippen LogP contribution in [0.4, 0.5) is 0 Å². The van der Waals surface area contributed by atoms with E-state index in [4.69, 9.17) is 21.1 Å². The Kier molecular flexibility index (Phi) is 8.80. The number of halogens is 1. The highest BCUT2D eigenvalue weighted by Crippen LogP contribution is 2.33. The summed E-state index contributed by atoms with van der Waals surface area (Å²) in [5.74, 6) is 2.31. The SMILES string of the molecule is CCOc1cc(Cl)c(CNCCCSc2nnnn2-c2ccccc2)cc1OCC. The molecule has 0 bridgehead atoms. The van der Waals surface area contributed by atoms with Crippen LogP contribution in [0.5, 0.6) is 11.5 Å². The molecule has 0 fully saturated rings. The molecule has 7 nitrogen and oxygen atoms in total. The zero-order chi connectivity index (χ0) is 21.2. The average Bonchev–Trinajstić information content (AvgIpc) is 3.23. The Bertz CT molecular complexity index is 923. The molecule has 160 valence electrons. The fourth-order valence-corrected chi connectivity index (χ4v) is 3.88. The molecule has 1 aromatic heterocycles. The fourth-order valence-electron chi connectivity index (χ4n) is 2.83. The molecule has 30 heavy (non-hydrogen) atoms. The summed E-state index contributed by atoms with van der Waals surface area (Å²) in [4.78, 5) is 0. The third-order valence-corrected chi connectivity index (χ3v) is 5.56. The van der Waals surface area contributed by atoms with Crippen molar-refractivity contribution in [2.75, 3.05) is 25.5 Å². The number of ether oxygens (including phenoxy) is 2. The van der Waals surface area contributed by atoms with E-state index in [2.05, 4.69) is 20.8 Å². The van der Waals surface area contributed by atoms with Gasteiger partial charge < -0.3 is 14.8 Å². The van der Waals surface area contributed by atoms with Crippen LogP contribution in [-0.2, 0) is 6.54 Å². The van der Waals surface area contributed by atoms with Crippen LogP contribution >= 0.6 is 23.4 Å². The highest BCUT2D eigenvalue weighted by molar-refractivity contribution is 7.99. The Morgan fingerprint density at radius 3 is 2.53 bits per heavy atom. The molecule has 1 N–H and O–H groups in total. The van der Waals surface area contributed by atoms with Crippen molar-refractivity contribution in [1.82, 2.24) is 25.5 Å². The van der Waals surface area contributed by atoms with Crippen LogP contribution in [-0.4, -0.2) is 45.7 Å². The topological polar surface area (TPSA) is 74.1 Å². The maximum Gasteiger partial charge on any atom is 0.214 e. The second-order valence-corrected chi connectivity index (χ2v) is 7.81. The predicted octanol–water partition coefficient (Wildman–Crippen LogP) is 4.39. The van der Waals surface area contributed by atoms with E-state index in [1.807, 2.05) is 56.3 Å². The van der Waals surface area contributed by atoms with Gasteiger partial charge in [0.25, 0.3) is 0 Å². The summed E-state index contributed by atoms with van der Waals surface area (Å²) in [6.45, 7) is 6.56. The molecule has 0 aliphatic heterocycles. The molecule has 0 saturated carbocycles. The van der Waals surface area contributed by atoms with Gasteiger partial charge in [0.05, 0.1) is 18.9 Å². The second-order valence-electron chi connectivity index (χ2n) is 6.34. The molecule has 0 amide bonds. The maximum atomic E-state index is 6.42. The predicted molar refractivity (Wildman–Crippen MR) is 120 cm³/mol. The monoisotopic (exact) mass is 447 g/mol. The Morgan fingerprint density at radius 1 is 1.07 bits per heavy atom. The van der Waals surface area contributed by atoms with Crippen LogP contribution < -0.4 is 14.8 Å². The number of thioether (sulfide) groups is 1. The lowest BCUT2D eigenvalue weighted by molar-refractivity contribution is 0.287. The molecule has 0 aliphatic carbocycles. The standard InChI is InChI=1S/C21H26ClN5O2S/c1-3-28-19-13-16(18(22)14-20(19)29-4-2)15-23-11-8-12-30-21-24-25-26-27(21)17-9-6-5-7-10-17/h5-7,9-10,13-14,23H,3-4,8,11-12,15H2,1-2H3. The number of hydrogen-bond donors (Lipinski definition) is 1. The Labute approximate surface area is 186 Å². The first kappa shape index (κ1) is 22.4. The van der Waals surface area contributed by atoms with Crippen LogP contribution in [0.25, 0.3) is 5.69 Å². The summed E-state index contributed by atoms with van der Waals surface area (Å²) in [5.41, 5.74) is 1.95. The molecule has 1 heterocycles. The lowest BCUT2D eigenvalue weighted by Crippen LogP contribution is -2.16. The molecule has 2 aromatic carbocycles. The molecular weight excluding hydrogens is 422 g/mol.